The Morgan fingerprint density at radius 2 is 1.87 bits per heavy atom. The summed E-state index contributed by atoms with van der Waals surface area (Å²) in [4.78, 5) is 0. The van der Waals surface area contributed by atoms with E-state index in [9.17, 15) is 0 Å². The van der Waals surface area contributed by atoms with Crippen molar-refractivity contribution in [2.75, 3.05) is 14.2 Å². The van der Waals surface area contributed by atoms with Gasteiger partial charge in [-0.3, -0.25) is 0 Å². The molecule has 0 atom stereocenters. The number of hydrogen-bond acceptors (Lipinski definition) is 3. The van der Waals surface area contributed by atoms with E-state index in [1.54, 1.807) is 20.3 Å². The van der Waals surface area contributed by atoms with Crippen molar-refractivity contribution in [1.82, 2.24) is 0 Å². The van der Waals surface area contributed by atoms with Crippen molar-refractivity contribution in [1.29, 1.82) is 5.26 Å². The van der Waals surface area contributed by atoms with Gasteiger partial charge in [-0.2, -0.15) is 5.26 Å². The average Bonchev–Trinajstić information content (AvgIpc) is 2.29. The van der Waals surface area contributed by atoms with E-state index < -0.39 is 0 Å². The molecule has 0 spiro atoms. The highest BCUT2D eigenvalue weighted by Crippen LogP contribution is 2.29. The number of benzene rings is 1. The lowest BCUT2D eigenvalue weighted by molar-refractivity contribution is 0.392. The van der Waals surface area contributed by atoms with Gasteiger partial charge in [-0.05, 0) is 12.1 Å². The number of allylic oxidation sites excluding steroid dienone is 1. The number of hydrogen-bond donors (Lipinski definition) is 0. The summed E-state index contributed by atoms with van der Waals surface area (Å²) in [6.45, 7) is 0. The lowest BCUT2D eigenvalue weighted by atomic mass is 10.1. The molecular formula is C12H13NO2. The first-order valence-corrected chi connectivity index (χ1v) is 4.58. The molecule has 0 saturated carbocycles. The van der Waals surface area contributed by atoms with Crippen LogP contribution in [0.5, 0.6) is 11.5 Å². The average molecular weight is 203 g/mol. The molecule has 0 radical (unpaired) electrons. The summed E-state index contributed by atoms with van der Waals surface area (Å²) in [5.41, 5.74) is 0.859. The molecule has 0 aliphatic rings. The molecule has 3 heteroatoms. The molecule has 1 aromatic carbocycles. The van der Waals surface area contributed by atoms with Gasteiger partial charge in [-0.1, -0.05) is 18.2 Å². The third kappa shape index (κ3) is 2.75. The zero-order valence-corrected chi connectivity index (χ0v) is 8.86. The summed E-state index contributed by atoms with van der Waals surface area (Å²) >= 11 is 0. The number of nitrogens with zero attached hydrogens (tertiary/aromatic N) is 1. The fourth-order valence-corrected chi connectivity index (χ4v) is 1.27. The maximum atomic E-state index is 8.43. The molecule has 0 fully saturated rings. The van der Waals surface area contributed by atoms with Crippen LogP contribution in [0.1, 0.15) is 12.0 Å². The summed E-state index contributed by atoms with van der Waals surface area (Å²) < 4.78 is 10.4. The molecular weight excluding hydrogens is 190 g/mol. The standard InChI is InChI=1S/C12H13NO2/c1-14-11-7-5-8-12(15-2)10(11)6-3-4-9-13/h3,5-8H,4H2,1-2H3. The second-order valence-corrected chi connectivity index (χ2v) is 2.84. The molecule has 0 N–H and O–H groups in total. The zero-order valence-electron chi connectivity index (χ0n) is 8.86. The maximum Gasteiger partial charge on any atom is 0.129 e. The van der Waals surface area contributed by atoms with Crippen molar-refractivity contribution >= 4 is 6.08 Å². The van der Waals surface area contributed by atoms with Crippen molar-refractivity contribution in [2.24, 2.45) is 0 Å². The summed E-state index contributed by atoms with van der Waals surface area (Å²) in [7, 11) is 3.22. The molecule has 0 bridgehead atoms. The SMILES string of the molecule is COc1cccc(OC)c1C=CCC#N. The van der Waals surface area contributed by atoms with Gasteiger partial charge in [0.25, 0.3) is 0 Å². The molecule has 0 saturated heterocycles. The first-order valence-electron chi connectivity index (χ1n) is 4.58. The Labute approximate surface area is 89.6 Å². The fourth-order valence-electron chi connectivity index (χ4n) is 1.27. The van der Waals surface area contributed by atoms with E-state index in [0.717, 1.165) is 17.1 Å². The van der Waals surface area contributed by atoms with Gasteiger partial charge in [0.1, 0.15) is 11.5 Å². The van der Waals surface area contributed by atoms with Crippen molar-refractivity contribution in [3.05, 3.63) is 29.8 Å². The minimum absolute atomic E-state index is 0.376. The smallest absolute Gasteiger partial charge is 0.129 e. The Hall–Kier alpha value is -1.95. The van der Waals surface area contributed by atoms with Gasteiger partial charge in [-0.15, -0.1) is 0 Å². The van der Waals surface area contributed by atoms with Crippen LogP contribution in [-0.2, 0) is 0 Å². The van der Waals surface area contributed by atoms with Crippen LogP contribution in [0.3, 0.4) is 0 Å². The second kappa shape index (κ2) is 5.71. The van der Waals surface area contributed by atoms with Gasteiger partial charge < -0.3 is 9.47 Å². The van der Waals surface area contributed by atoms with E-state index in [1.165, 1.54) is 0 Å². The van der Waals surface area contributed by atoms with Crippen LogP contribution in [0.4, 0.5) is 0 Å². The van der Waals surface area contributed by atoms with Gasteiger partial charge in [-0.25, -0.2) is 0 Å². The van der Waals surface area contributed by atoms with E-state index in [2.05, 4.69) is 0 Å². The predicted molar refractivity (Wildman–Crippen MR) is 58.8 cm³/mol. The number of rotatable bonds is 4. The summed E-state index contributed by atoms with van der Waals surface area (Å²) in [6.07, 6.45) is 3.99. The Morgan fingerprint density at radius 1 is 1.27 bits per heavy atom. The van der Waals surface area contributed by atoms with E-state index >= 15 is 0 Å². The highest BCUT2D eigenvalue weighted by atomic mass is 16.5. The Balaban J connectivity index is 3.06. The first kappa shape index (κ1) is 11.1. The minimum Gasteiger partial charge on any atom is -0.496 e. The van der Waals surface area contributed by atoms with E-state index in [-0.39, 0.29) is 0 Å². The van der Waals surface area contributed by atoms with Crippen LogP contribution >= 0.6 is 0 Å². The van der Waals surface area contributed by atoms with E-state index in [0.29, 0.717) is 6.42 Å². The Bertz CT molecular complexity index is 369. The number of nitriles is 1. The second-order valence-electron chi connectivity index (χ2n) is 2.84. The van der Waals surface area contributed by atoms with E-state index in [4.69, 9.17) is 14.7 Å². The summed E-state index contributed by atoms with van der Waals surface area (Å²) in [6, 6.07) is 7.62. The molecule has 15 heavy (non-hydrogen) atoms. The Morgan fingerprint density at radius 3 is 2.33 bits per heavy atom. The van der Waals surface area contributed by atoms with E-state index in [1.807, 2.05) is 30.3 Å². The quantitative estimate of drug-likeness (QED) is 0.755. The number of methoxy groups -OCH3 is 2. The summed E-state index contributed by atoms with van der Waals surface area (Å²) in [5.74, 6) is 1.48. The van der Waals surface area contributed by atoms with Crippen LogP contribution in [0, 0.1) is 11.3 Å². The van der Waals surface area contributed by atoms with Gasteiger partial charge in [0, 0.05) is 0 Å². The highest BCUT2D eigenvalue weighted by Gasteiger charge is 2.05. The van der Waals surface area contributed by atoms with Gasteiger partial charge in [0.2, 0.25) is 0 Å². The molecule has 0 heterocycles. The molecule has 1 rings (SSSR count). The van der Waals surface area contributed by atoms with Crippen LogP contribution in [-0.4, -0.2) is 14.2 Å². The van der Waals surface area contributed by atoms with Gasteiger partial charge in [0.05, 0.1) is 32.3 Å². The molecule has 78 valence electrons. The largest absolute Gasteiger partial charge is 0.496 e. The maximum absolute atomic E-state index is 8.43. The van der Waals surface area contributed by atoms with Crippen molar-refractivity contribution in [3.8, 4) is 17.6 Å². The van der Waals surface area contributed by atoms with Crippen LogP contribution in [0.25, 0.3) is 6.08 Å². The third-order valence-corrected chi connectivity index (χ3v) is 1.96. The highest BCUT2D eigenvalue weighted by molar-refractivity contribution is 5.64. The van der Waals surface area contributed by atoms with Crippen molar-refractivity contribution < 1.29 is 9.47 Å². The third-order valence-electron chi connectivity index (χ3n) is 1.96. The van der Waals surface area contributed by atoms with Gasteiger partial charge >= 0.3 is 0 Å². The molecule has 1 aromatic rings. The van der Waals surface area contributed by atoms with Crippen LogP contribution in [0.2, 0.25) is 0 Å². The monoisotopic (exact) mass is 203 g/mol. The topological polar surface area (TPSA) is 42.2 Å². The minimum atomic E-state index is 0.376. The van der Waals surface area contributed by atoms with Crippen LogP contribution in [0.15, 0.2) is 24.3 Å². The molecule has 0 aromatic heterocycles. The lowest BCUT2D eigenvalue weighted by Gasteiger charge is -2.09. The predicted octanol–water partition coefficient (Wildman–Crippen LogP) is 2.63. The molecule has 3 nitrogen and oxygen atoms in total. The molecule has 0 aliphatic carbocycles. The lowest BCUT2D eigenvalue weighted by Crippen LogP contribution is -1.91. The number of ether oxygens (including phenoxy) is 2. The fraction of sp³-hybridized carbons (Fsp3) is 0.250. The van der Waals surface area contributed by atoms with Crippen LogP contribution < -0.4 is 9.47 Å². The van der Waals surface area contributed by atoms with Gasteiger partial charge in [0.15, 0.2) is 0 Å². The summed E-state index contributed by atoms with van der Waals surface area (Å²) in [5, 5.41) is 8.43. The zero-order chi connectivity index (χ0) is 11.1. The molecule has 0 aliphatic heterocycles. The Kier molecular flexibility index (Phi) is 4.24. The molecule has 0 amide bonds. The first-order chi connectivity index (χ1) is 7.33. The normalized spacial score (nSPS) is 9.93. The van der Waals surface area contributed by atoms with Crippen molar-refractivity contribution in [2.45, 2.75) is 6.42 Å². The molecule has 0 unspecified atom stereocenters. The van der Waals surface area contributed by atoms with Crippen molar-refractivity contribution in [3.63, 3.8) is 0 Å².